The summed E-state index contributed by atoms with van der Waals surface area (Å²) in [5, 5.41) is 0.984. The predicted octanol–water partition coefficient (Wildman–Crippen LogP) is 5.76. The number of hydrogen-bond acceptors (Lipinski definition) is 2. The SMILES string of the molecule is CCOc1c(Cl)cc(C=Nc2ccc(C)cc2C)cc1Cl. The van der Waals surface area contributed by atoms with Gasteiger partial charge in [-0.1, -0.05) is 40.9 Å². The van der Waals surface area contributed by atoms with Gasteiger partial charge in [0.1, 0.15) is 0 Å². The van der Waals surface area contributed by atoms with Crippen molar-refractivity contribution in [2.75, 3.05) is 6.61 Å². The minimum atomic E-state index is 0.492. The number of rotatable bonds is 4. The van der Waals surface area contributed by atoms with Gasteiger partial charge in [0.25, 0.3) is 0 Å². The van der Waals surface area contributed by atoms with E-state index in [0.29, 0.717) is 22.4 Å². The molecule has 0 aromatic heterocycles. The van der Waals surface area contributed by atoms with Gasteiger partial charge in [0.2, 0.25) is 0 Å². The summed E-state index contributed by atoms with van der Waals surface area (Å²) in [5.74, 6) is 0.518. The van der Waals surface area contributed by atoms with E-state index in [1.54, 1.807) is 18.3 Å². The minimum Gasteiger partial charge on any atom is -0.491 e. The van der Waals surface area contributed by atoms with Crippen LogP contribution in [0.4, 0.5) is 5.69 Å². The van der Waals surface area contributed by atoms with Crippen LogP contribution >= 0.6 is 23.2 Å². The Balaban J connectivity index is 2.29. The first kappa shape index (κ1) is 15.9. The second kappa shape index (κ2) is 6.97. The minimum absolute atomic E-state index is 0.492. The number of hydrogen-bond donors (Lipinski definition) is 0. The van der Waals surface area contributed by atoms with E-state index in [2.05, 4.69) is 18.0 Å². The monoisotopic (exact) mass is 321 g/mol. The Kier molecular flexibility index (Phi) is 5.27. The summed E-state index contributed by atoms with van der Waals surface area (Å²) in [6.45, 7) is 6.52. The number of nitrogens with zero attached hydrogens (tertiary/aromatic N) is 1. The first-order valence-electron chi connectivity index (χ1n) is 6.74. The Bertz CT molecular complexity index is 657. The first-order valence-corrected chi connectivity index (χ1v) is 7.50. The third-order valence-corrected chi connectivity index (χ3v) is 3.58. The van der Waals surface area contributed by atoms with Gasteiger partial charge >= 0.3 is 0 Å². The summed E-state index contributed by atoms with van der Waals surface area (Å²) < 4.78 is 5.41. The zero-order valence-corrected chi connectivity index (χ0v) is 13.8. The highest BCUT2D eigenvalue weighted by atomic mass is 35.5. The Morgan fingerprint density at radius 2 is 1.76 bits per heavy atom. The largest absolute Gasteiger partial charge is 0.491 e. The molecule has 4 heteroatoms. The fourth-order valence-corrected chi connectivity index (χ4v) is 2.64. The molecule has 0 heterocycles. The van der Waals surface area contributed by atoms with E-state index in [9.17, 15) is 0 Å². The predicted molar refractivity (Wildman–Crippen MR) is 90.8 cm³/mol. The van der Waals surface area contributed by atoms with E-state index in [4.69, 9.17) is 27.9 Å². The lowest BCUT2D eigenvalue weighted by atomic mass is 10.1. The molecule has 0 fully saturated rings. The van der Waals surface area contributed by atoms with Crippen LogP contribution in [0.2, 0.25) is 10.0 Å². The molecule has 0 unspecified atom stereocenters. The van der Waals surface area contributed by atoms with E-state index in [1.165, 1.54) is 5.56 Å². The van der Waals surface area contributed by atoms with Crippen LogP contribution in [0, 0.1) is 13.8 Å². The van der Waals surface area contributed by atoms with Crippen molar-refractivity contribution in [1.29, 1.82) is 0 Å². The smallest absolute Gasteiger partial charge is 0.156 e. The van der Waals surface area contributed by atoms with Crippen molar-refractivity contribution < 1.29 is 4.74 Å². The molecule has 0 aliphatic rings. The van der Waals surface area contributed by atoms with Gasteiger partial charge in [-0.25, -0.2) is 0 Å². The first-order chi connectivity index (χ1) is 10.0. The zero-order valence-electron chi connectivity index (χ0n) is 12.3. The van der Waals surface area contributed by atoms with Crippen molar-refractivity contribution in [2.24, 2.45) is 4.99 Å². The number of aliphatic imine (C=N–C) groups is 1. The maximum absolute atomic E-state index is 6.18. The van der Waals surface area contributed by atoms with E-state index in [-0.39, 0.29) is 0 Å². The highest BCUT2D eigenvalue weighted by molar-refractivity contribution is 6.37. The van der Waals surface area contributed by atoms with Gasteiger partial charge in [-0.05, 0) is 50.1 Å². The second-order valence-electron chi connectivity index (χ2n) is 4.79. The molecule has 110 valence electrons. The van der Waals surface area contributed by atoms with Crippen molar-refractivity contribution in [3.8, 4) is 5.75 Å². The Morgan fingerprint density at radius 3 is 2.33 bits per heavy atom. The molecule has 0 aliphatic carbocycles. The van der Waals surface area contributed by atoms with Crippen LogP contribution in [0.25, 0.3) is 0 Å². The Hall–Kier alpha value is -1.51. The van der Waals surface area contributed by atoms with Crippen molar-refractivity contribution in [1.82, 2.24) is 0 Å². The summed E-state index contributed by atoms with van der Waals surface area (Å²) in [6, 6.07) is 9.73. The average Bonchev–Trinajstić information content (AvgIpc) is 2.42. The van der Waals surface area contributed by atoms with E-state index in [1.807, 2.05) is 26.0 Å². The van der Waals surface area contributed by atoms with E-state index >= 15 is 0 Å². The van der Waals surface area contributed by atoms with E-state index < -0.39 is 0 Å². The summed E-state index contributed by atoms with van der Waals surface area (Å²) in [6.07, 6.45) is 1.76. The molecule has 2 rings (SSSR count). The molecule has 0 amide bonds. The van der Waals surface area contributed by atoms with Gasteiger partial charge in [-0.3, -0.25) is 4.99 Å². The molecule has 21 heavy (non-hydrogen) atoms. The van der Waals surface area contributed by atoms with Crippen molar-refractivity contribution >= 4 is 35.1 Å². The Morgan fingerprint density at radius 1 is 1.10 bits per heavy atom. The number of halogens is 2. The van der Waals surface area contributed by atoms with Crippen molar-refractivity contribution in [2.45, 2.75) is 20.8 Å². The van der Waals surface area contributed by atoms with E-state index in [0.717, 1.165) is 16.8 Å². The maximum Gasteiger partial charge on any atom is 0.156 e. The highest BCUT2D eigenvalue weighted by Gasteiger charge is 2.08. The van der Waals surface area contributed by atoms with Gasteiger partial charge in [-0.2, -0.15) is 0 Å². The molecular formula is C17H17Cl2NO. The lowest BCUT2D eigenvalue weighted by Gasteiger charge is -2.08. The van der Waals surface area contributed by atoms with Crippen LogP contribution in [-0.2, 0) is 0 Å². The molecule has 0 spiro atoms. The van der Waals surface area contributed by atoms with Crippen LogP contribution < -0.4 is 4.74 Å². The van der Waals surface area contributed by atoms with Gasteiger partial charge in [0.15, 0.2) is 5.75 Å². The van der Waals surface area contributed by atoms with Crippen LogP contribution in [0.3, 0.4) is 0 Å². The lowest BCUT2D eigenvalue weighted by Crippen LogP contribution is -1.94. The second-order valence-corrected chi connectivity index (χ2v) is 5.61. The molecule has 2 nitrogen and oxygen atoms in total. The van der Waals surface area contributed by atoms with Crippen molar-refractivity contribution in [3.05, 3.63) is 57.1 Å². The average molecular weight is 322 g/mol. The molecule has 0 radical (unpaired) electrons. The molecule has 0 saturated carbocycles. The van der Waals surface area contributed by atoms with Gasteiger partial charge < -0.3 is 4.74 Å². The molecule has 0 atom stereocenters. The summed E-state index contributed by atoms with van der Waals surface area (Å²) >= 11 is 12.4. The standard InChI is InChI=1S/C17H17Cl2NO/c1-4-21-17-14(18)8-13(9-15(17)19)10-20-16-6-5-11(2)7-12(16)3/h5-10H,4H2,1-3H3. The fourth-order valence-electron chi connectivity index (χ4n) is 2.03. The topological polar surface area (TPSA) is 21.6 Å². The molecule has 0 N–H and O–H groups in total. The van der Waals surface area contributed by atoms with Gasteiger partial charge in [-0.15, -0.1) is 0 Å². The van der Waals surface area contributed by atoms with Crippen LogP contribution in [-0.4, -0.2) is 12.8 Å². The third kappa shape index (κ3) is 3.99. The maximum atomic E-state index is 6.18. The number of aryl methyl sites for hydroxylation is 2. The molecular weight excluding hydrogens is 305 g/mol. The van der Waals surface area contributed by atoms with Crippen LogP contribution in [0.5, 0.6) is 5.75 Å². The number of benzene rings is 2. The summed E-state index contributed by atoms with van der Waals surface area (Å²) in [5.41, 5.74) is 4.13. The summed E-state index contributed by atoms with van der Waals surface area (Å²) in [7, 11) is 0. The molecule has 2 aromatic carbocycles. The lowest BCUT2D eigenvalue weighted by molar-refractivity contribution is 0.340. The Labute approximate surface area is 135 Å². The van der Waals surface area contributed by atoms with Crippen LogP contribution in [0.15, 0.2) is 35.3 Å². The van der Waals surface area contributed by atoms with Gasteiger partial charge in [0, 0.05) is 6.21 Å². The fraction of sp³-hybridized carbons (Fsp3) is 0.235. The third-order valence-electron chi connectivity index (χ3n) is 3.01. The zero-order chi connectivity index (χ0) is 15.4. The molecule has 2 aromatic rings. The number of ether oxygens (including phenoxy) is 1. The summed E-state index contributed by atoms with van der Waals surface area (Å²) in [4.78, 5) is 4.49. The molecule has 0 saturated heterocycles. The highest BCUT2D eigenvalue weighted by Crippen LogP contribution is 2.34. The molecule has 0 aliphatic heterocycles. The normalized spacial score (nSPS) is 11.1. The molecule has 0 bridgehead atoms. The van der Waals surface area contributed by atoms with Crippen molar-refractivity contribution in [3.63, 3.8) is 0 Å². The van der Waals surface area contributed by atoms with Crippen LogP contribution in [0.1, 0.15) is 23.6 Å². The quantitative estimate of drug-likeness (QED) is 0.656. The van der Waals surface area contributed by atoms with Gasteiger partial charge in [0.05, 0.1) is 22.3 Å².